The molecular weight excluding hydrogens is 300 g/mol. The highest BCUT2D eigenvalue weighted by Gasteiger charge is 2.33. The number of cyclic esters (lactones) is 1. The largest absolute Gasteiger partial charge is 0.481 e. The second kappa shape index (κ2) is 6.12. The van der Waals surface area contributed by atoms with Gasteiger partial charge in [-0.15, -0.1) is 0 Å². The average molecular weight is 316 g/mol. The number of nitrogens with zero attached hydrogens (tertiary/aromatic N) is 2. The molecule has 23 heavy (non-hydrogen) atoms. The molecule has 0 radical (unpaired) electrons. The van der Waals surface area contributed by atoms with E-state index < -0.39 is 5.97 Å². The number of methoxy groups -OCH3 is 2. The minimum absolute atomic E-state index is 0.0300. The van der Waals surface area contributed by atoms with Gasteiger partial charge in [0.05, 0.1) is 20.3 Å². The van der Waals surface area contributed by atoms with E-state index in [4.69, 9.17) is 18.9 Å². The smallest absolute Gasteiger partial charge is 0.342 e. The number of fused-ring (bicyclic) bond motifs is 1. The highest BCUT2D eigenvalue weighted by Crippen LogP contribution is 2.39. The van der Waals surface area contributed by atoms with Crippen molar-refractivity contribution >= 4 is 5.97 Å². The molecule has 0 saturated carbocycles. The number of benzene rings is 1. The number of carbonyl (C=O) groups is 1. The van der Waals surface area contributed by atoms with Gasteiger partial charge >= 0.3 is 12.0 Å². The Balaban J connectivity index is 1.99. The average Bonchev–Trinajstić information content (AvgIpc) is 2.91. The van der Waals surface area contributed by atoms with Crippen LogP contribution in [0, 0.1) is 0 Å². The van der Waals surface area contributed by atoms with Gasteiger partial charge in [-0.05, 0) is 12.5 Å². The lowest BCUT2D eigenvalue weighted by Gasteiger charge is -2.09. The Kier molecular flexibility index (Phi) is 4.01. The molecule has 7 heteroatoms. The van der Waals surface area contributed by atoms with Gasteiger partial charge in [0, 0.05) is 5.56 Å². The third kappa shape index (κ3) is 2.77. The molecule has 0 amide bonds. The van der Waals surface area contributed by atoms with Gasteiger partial charge in [0.2, 0.25) is 11.8 Å². The first-order valence-corrected chi connectivity index (χ1v) is 7.15. The van der Waals surface area contributed by atoms with E-state index in [0.29, 0.717) is 29.5 Å². The second-order valence-corrected chi connectivity index (χ2v) is 4.86. The monoisotopic (exact) mass is 316 g/mol. The minimum Gasteiger partial charge on any atom is -0.481 e. The molecule has 1 aliphatic rings. The predicted octanol–water partition coefficient (Wildman–Crippen LogP) is 2.91. The summed E-state index contributed by atoms with van der Waals surface area (Å²) in [7, 11) is 2.96. The van der Waals surface area contributed by atoms with E-state index >= 15 is 0 Å². The molecule has 0 spiro atoms. The molecule has 120 valence electrons. The first-order chi connectivity index (χ1) is 11.2. The van der Waals surface area contributed by atoms with Gasteiger partial charge in [-0.2, -0.15) is 9.97 Å². The van der Waals surface area contributed by atoms with Crippen LogP contribution in [0.2, 0.25) is 0 Å². The zero-order valence-corrected chi connectivity index (χ0v) is 13.0. The standard InChI is InChI=1S/C16H16N2O5/c1-4-10-9-6-5-7-11(14(9)15(19)22-10)23-16-17-12(20-2)8-13(18-16)21-3/h5-8,10H,4H2,1-3H3. The fourth-order valence-corrected chi connectivity index (χ4v) is 2.41. The number of rotatable bonds is 5. The topological polar surface area (TPSA) is 79.8 Å². The Labute approximate surface area is 133 Å². The van der Waals surface area contributed by atoms with Crippen molar-refractivity contribution in [1.82, 2.24) is 9.97 Å². The first kappa shape index (κ1) is 15.1. The first-order valence-electron chi connectivity index (χ1n) is 7.15. The Morgan fingerprint density at radius 2 is 1.87 bits per heavy atom. The van der Waals surface area contributed by atoms with Crippen LogP contribution >= 0.6 is 0 Å². The van der Waals surface area contributed by atoms with E-state index in [0.717, 1.165) is 5.56 Å². The number of hydrogen-bond acceptors (Lipinski definition) is 7. The van der Waals surface area contributed by atoms with Crippen molar-refractivity contribution in [2.75, 3.05) is 14.2 Å². The molecule has 2 aromatic rings. The van der Waals surface area contributed by atoms with Gasteiger partial charge < -0.3 is 18.9 Å². The molecule has 1 aliphatic heterocycles. The van der Waals surface area contributed by atoms with Crippen LogP contribution in [-0.2, 0) is 4.74 Å². The van der Waals surface area contributed by atoms with Crippen molar-refractivity contribution in [3.8, 4) is 23.5 Å². The summed E-state index contributed by atoms with van der Waals surface area (Å²) in [6.07, 6.45) is 0.452. The summed E-state index contributed by atoms with van der Waals surface area (Å²) in [6.45, 7) is 1.95. The van der Waals surface area contributed by atoms with E-state index in [-0.39, 0.29) is 12.1 Å². The van der Waals surface area contributed by atoms with Crippen LogP contribution in [0.4, 0.5) is 0 Å². The summed E-state index contributed by atoms with van der Waals surface area (Å²) in [5.74, 6) is 0.540. The lowest BCUT2D eigenvalue weighted by Crippen LogP contribution is -2.01. The summed E-state index contributed by atoms with van der Waals surface area (Å²) >= 11 is 0. The maximum absolute atomic E-state index is 12.1. The Morgan fingerprint density at radius 3 is 2.48 bits per heavy atom. The van der Waals surface area contributed by atoms with Crippen molar-refractivity contribution in [1.29, 1.82) is 0 Å². The maximum atomic E-state index is 12.1. The lowest BCUT2D eigenvalue weighted by molar-refractivity contribution is 0.0377. The van der Waals surface area contributed by atoms with Crippen LogP contribution in [0.25, 0.3) is 0 Å². The van der Waals surface area contributed by atoms with Crippen LogP contribution in [0.15, 0.2) is 24.3 Å². The molecule has 1 unspecified atom stereocenters. The van der Waals surface area contributed by atoms with Gasteiger partial charge in [0.1, 0.15) is 17.4 Å². The fourth-order valence-electron chi connectivity index (χ4n) is 2.41. The van der Waals surface area contributed by atoms with Crippen LogP contribution < -0.4 is 14.2 Å². The van der Waals surface area contributed by atoms with Gasteiger partial charge in [0.15, 0.2) is 0 Å². The molecule has 0 fully saturated rings. The molecule has 1 aromatic carbocycles. The number of hydrogen-bond donors (Lipinski definition) is 0. The van der Waals surface area contributed by atoms with Crippen LogP contribution in [0.3, 0.4) is 0 Å². The van der Waals surface area contributed by atoms with Crippen LogP contribution in [0.5, 0.6) is 23.5 Å². The van der Waals surface area contributed by atoms with E-state index in [1.807, 2.05) is 13.0 Å². The molecule has 1 atom stereocenters. The van der Waals surface area contributed by atoms with Crippen molar-refractivity contribution < 1.29 is 23.7 Å². The highest BCUT2D eigenvalue weighted by molar-refractivity contribution is 5.97. The van der Waals surface area contributed by atoms with Crippen molar-refractivity contribution in [2.24, 2.45) is 0 Å². The quantitative estimate of drug-likeness (QED) is 0.785. The molecule has 7 nitrogen and oxygen atoms in total. The van der Waals surface area contributed by atoms with E-state index in [9.17, 15) is 4.79 Å². The second-order valence-electron chi connectivity index (χ2n) is 4.86. The number of carbonyl (C=O) groups excluding carboxylic acids is 1. The fraction of sp³-hybridized carbons (Fsp3) is 0.312. The van der Waals surface area contributed by atoms with Crippen molar-refractivity contribution in [3.05, 3.63) is 35.4 Å². The molecular formula is C16H16N2O5. The van der Waals surface area contributed by atoms with Crippen LogP contribution in [-0.4, -0.2) is 30.2 Å². The summed E-state index contributed by atoms with van der Waals surface area (Å²) in [5, 5.41) is 0. The summed E-state index contributed by atoms with van der Waals surface area (Å²) in [6, 6.07) is 6.89. The SMILES string of the molecule is CCC1OC(=O)c2c(Oc3nc(OC)cc(OC)n3)cccc21. The van der Waals surface area contributed by atoms with E-state index in [1.54, 1.807) is 12.1 Å². The molecule has 0 aliphatic carbocycles. The van der Waals surface area contributed by atoms with E-state index in [2.05, 4.69) is 9.97 Å². The maximum Gasteiger partial charge on any atom is 0.342 e. The summed E-state index contributed by atoms with van der Waals surface area (Å²) < 4.78 is 21.2. The zero-order valence-electron chi connectivity index (χ0n) is 13.0. The molecule has 0 saturated heterocycles. The number of ether oxygens (including phenoxy) is 4. The predicted molar refractivity (Wildman–Crippen MR) is 80.1 cm³/mol. The summed E-state index contributed by atoms with van der Waals surface area (Å²) in [4.78, 5) is 20.3. The van der Waals surface area contributed by atoms with E-state index in [1.165, 1.54) is 20.3 Å². The third-order valence-electron chi connectivity index (χ3n) is 3.51. The Bertz CT molecular complexity index is 725. The highest BCUT2D eigenvalue weighted by atomic mass is 16.6. The normalized spacial score (nSPS) is 15.8. The molecule has 3 rings (SSSR count). The Hall–Kier alpha value is -2.83. The van der Waals surface area contributed by atoms with Crippen molar-refractivity contribution in [2.45, 2.75) is 19.4 Å². The zero-order chi connectivity index (χ0) is 16.4. The Morgan fingerprint density at radius 1 is 1.17 bits per heavy atom. The number of aromatic nitrogens is 2. The lowest BCUT2D eigenvalue weighted by atomic mass is 10.0. The molecule has 0 bridgehead atoms. The third-order valence-corrected chi connectivity index (χ3v) is 3.51. The summed E-state index contributed by atoms with van der Waals surface area (Å²) in [5.41, 5.74) is 1.22. The van der Waals surface area contributed by atoms with Gasteiger partial charge in [0.25, 0.3) is 0 Å². The molecule has 2 heterocycles. The van der Waals surface area contributed by atoms with Crippen LogP contribution in [0.1, 0.15) is 35.4 Å². The van der Waals surface area contributed by atoms with Gasteiger partial charge in [-0.3, -0.25) is 0 Å². The minimum atomic E-state index is -0.405. The number of esters is 1. The van der Waals surface area contributed by atoms with Gasteiger partial charge in [-0.25, -0.2) is 4.79 Å². The van der Waals surface area contributed by atoms with Gasteiger partial charge in [-0.1, -0.05) is 19.1 Å². The van der Waals surface area contributed by atoms with Crippen molar-refractivity contribution in [3.63, 3.8) is 0 Å². The molecule has 0 N–H and O–H groups in total. The molecule has 1 aromatic heterocycles.